The molecule has 0 radical (unpaired) electrons. The van der Waals surface area contributed by atoms with Gasteiger partial charge < -0.3 is 14.7 Å². The molecule has 1 heterocycles. The summed E-state index contributed by atoms with van der Waals surface area (Å²) in [4.78, 5) is 17.5. The van der Waals surface area contributed by atoms with Crippen molar-refractivity contribution in [3.8, 4) is 17.6 Å². The van der Waals surface area contributed by atoms with Gasteiger partial charge in [0.15, 0.2) is 0 Å². The maximum absolute atomic E-state index is 13.2. The molecule has 3 aliphatic rings. The van der Waals surface area contributed by atoms with E-state index in [9.17, 15) is 18.3 Å². The van der Waals surface area contributed by atoms with Gasteiger partial charge >= 0.3 is 0 Å². The number of nitrogens with one attached hydrogen (secondary N) is 1. The molecular weight excluding hydrogens is 634 g/mol. The van der Waals surface area contributed by atoms with Crippen LogP contribution in [0.1, 0.15) is 74.4 Å². The van der Waals surface area contributed by atoms with E-state index in [1.807, 2.05) is 44.1 Å². The molecule has 0 bridgehead atoms. The zero-order chi connectivity index (χ0) is 34.0. The molecule has 47 heavy (non-hydrogen) atoms. The van der Waals surface area contributed by atoms with Crippen molar-refractivity contribution in [1.82, 2.24) is 9.62 Å². The van der Waals surface area contributed by atoms with Crippen LogP contribution in [0.15, 0.2) is 48.6 Å². The first-order valence-electron chi connectivity index (χ1n) is 16.7. The number of fused-ring (bicyclic) bond motifs is 3. The number of rotatable bonds is 9. The average Bonchev–Trinajstić information content (AvgIpc) is 3.14. The summed E-state index contributed by atoms with van der Waals surface area (Å²) >= 11 is 6.43. The Morgan fingerprint density at radius 1 is 1.26 bits per heavy atom. The number of nitrogens with zero attached hydrogens (tertiary/aromatic N) is 2. The van der Waals surface area contributed by atoms with Crippen LogP contribution in [0.3, 0.4) is 0 Å². The van der Waals surface area contributed by atoms with E-state index in [0.29, 0.717) is 32.0 Å². The molecule has 1 saturated carbocycles. The number of carbonyl (C=O) groups excluding carboxylic acids is 1. The number of anilines is 1. The summed E-state index contributed by atoms with van der Waals surface area (Å²) in [5.74, 6) is 6.42. The first kappa shape index (κ1) is 35.3. The fourth-order valence-corrected chi connectivity index (χ4v) is 7.91. The molecule has 5 rings (SSSR count). The molecule has 4 atom stereocenters. The zero-order valence-corrected chi connectivity index (χ0v) is 29.8. The second-order valence-electron chi connectivity index (χ2n) is 13.9. The smallest absolute Gasteiger partial charge is 0.264 e. The standard InChI is InChI=1S/C37H48ClN3O5S/c1-6-7-18-37(43,19-9-20-40(4)5)32-14-11-29(32)23-41-24-36(17-8-10-27-21-30(38)13-15-31(27)36)25-46-34-16-12-28(22-33(34)41)35(42)39-47(44,45)26(2)3/h7,12-13,15-16,18,21-22,26,29,32,43H,6,8,10-11,14,17,20,23-25H2,1-5H3,(H,39,42)/b18-7+/t29-,32+,36-,37+/m0/s1. The van der Waals surface area contributed by atoms with Crippen molar-refractivity contribution in [3.63, 3.8) is 0 Å². The quantitative estimate of drug-likeness (QED) is 0.264. The summed E-state index contributed by atoms with van der Waals surface area (Å²) in [6.45, 7) is 7.40. The Hall–Kier alpha value is -3.03. The van der Waals surface area contributed by atoms with E-state index in [0.717, 1.165) is 49.2 Å². The Morgan fingerprint density at radius 2 is 2.04 bits per heavy atom. The predicted octanol–water partition coefficient (Wildman–Crippen LogP) is 5.57. The highest BCUT2D eigenvalue weighted by Crippen LogP contribution is 2.48. The fraction of sp³-hybridized carbons (Fsp3) is 0.541. The highest BCUT2D eigenvalue weighted by molar-refractivity contribution is 7.90. The number of hydrogen-bond donors (Lipinski definition) is 2. The van der Waals surface area contributed by atoms with Crippen molar-refractivity contribution >= 4 is 33.2 Å². The highest BCUT2D eigenvalue weighted by Gasteiger charge is 2.47. The zero-order valence-electron chi connectivity index (χ0n) is 28.2. The van der Waals surface area contributed by atoms with Gasteiger partial charge in [-0.3, -0.25) is 9.69 Å². The van der Waals surface area contributed by atoms with Crippen molar-refractivity contribution in [3.05, 3.63) is 70.3 Å². The van der Waals surface area contributed by atoms with Gasteiger partial charge in [0.25, 0.3) is 5.91 Å². The van der Waals surface area contributed by atoms with Gasteiger partial charge in [-0.1, -0.05) is 42.5 Å². The molecule has 1 spiro atoms. The summed E-state index contributed by atoms with van der Waals surface area (Å²) in [6, 6.07) is 11.3. The lowest BCUT2D eigenvalue weighted by atomic mass is 9.64. The minimum Gasteiger partial charge on any atom is -0.490 e. The molecule has 10 heteroatoms. The molecule has 1 amide bonds. The van der Waals surface area contributed by atoms with Crippen molar-refractivity contribution in [2.45, 2.75) is 75.6 Å². The number of benzene rings is 2. The van der Waals surface area contributed by atoms with E-state index in [1.54, 1.807) is 18.2 Å². The van der Waals surface area contributed by atoms with Crippen molar-refractivity contribution < 1.29 is 23.1 Å². The van der Waals surface area contributed by atoms with E-state index in [1.165, 1.54) is 25.0 Å². The molecule has 254 valence electrons. The number of amides is 1. The Morgan fingerprint density at radius 3 is 2.72 bits per heavy atom. The van der Waals surface area contributed by atoms with Crippen molar-refractivity contribution in [1.29, 1.82) is 0 Å². The third-order valence-corrected chi connectivity index (χ3v) is 11.8. The summed E-state index contributed by atoms with van der Waals surface area (Å²) in [6.07, 6.45) is 9.32. The molecule has 0 aromatic heterocycles. The minimum atomic E-state index is -3.81. The number of carbonyl (C=O) groups is 1. The number of aryl methyl sites for hydroxylation is 1. The molecular formula is C37H48ClN3O5S. The lowest BCUT2D eigenvalue weighted by molar-refractivity contribution is -0.00321. The van der Waals surface area contributed by atoms with Gasteiger partial charge in [-0.05, 0) is 120 Å². The number of ether oxygens (including phenoxy) is 1. The SMILES string of the molecule is CC/C=C/[C@@](O)(C#CCN(C)C)[C@@H]1CC[C@H]1CN1C[C@@]2(CCCc3cc(Cl)ccc32)COc2ccc(C(=O)NS(=O)(=O)C(C)C)cc21. The van der Waals surface area contributed by atoms with Gasteiger partial charge in [0, 0.05) is 35.0 Å². The average molecular weight is 682 g/mol. The van der Waals surface area contributed by atoms with Crippen LogP contribution in [-0.2, 0) is 21.9 Å². The van der Waals surface area contributed by atoms with Crippen LogP contribution in [0.5, 0.6) is 5.75 Å². The van der Waals surface area contributed by atoms with Gasteiger partial charge in [-0.2, -0.15) is 0 Å². The van der Waals surface area contributed by atoms with Crippen LogP contribution < -0.4 is 14.4 Å². The lowest BCUT2D eigenvalue weighted by Crippen LogP contribution is -2.52. The topological polar surface area (TPSA) is 99.2 Å². The first-order valence-corrected chi connectivity index (χ1v) is 18.6. The molecule has 0 unspecified atom stereocenters. The van der Waals surface area contributed by atoms with Crippen molar-refractivity contribution in [2.24, 2.45) is 11.8 Å². The molecule has 2 aromatic rings. The number of halogens is 1. The third-order valence-electron chi connectivity index (χ3n) is 9.88. The molecule has 1 aliphatic heterocycles. The van der Waals surface area contributed by atoms with Crippen LogP contribution in [0.25, 0.3) is 0 Å². The van der Waals surface area contributed by atoms with Crippen LogP contribution in [0, 0.1) is 23.7 Å². The third kappa shape index (κ3) is 7.67. The summed E-state index contributed by atoms with van der Waals surface area (Å²) in [7, 11) is 0.107. The Bertz CT molecular complexity index is 1680. The number of sulfonamides is 1. The fourth-order valence-electron chi connectivity index (χ4n) is 7.11. The second kappa shape index (κ2) is 14.2. The molecule has 2 N–H and O–H groups in total. The van der Waals surface area contributed by atoms with Gasteiger partial charge in [-0.25, -0.2) is 13.1 Å². The highest BCUT2D eigenvalue weighted by atomic mass is 35.5. The monoisotopic (exact) mass is 681 g/mol. The molecule has 2 aliphatic carbocycles. The maximum atomic E-state index is 13.2. The van der Waals surface area contributed by atoms with E-state index < -0.39 is 26.8 Å². The molecule has 1 fully saturated rings. The molecule has 0 saturated heterocycles. The largest absolute Gasteiger partial charge is 0.490 e. The van der Waals surface area contributed by atoms with Crippen LogP contribution in [0.2, 0.25) is 5.02 Å². The van der Waals surface area contributed by atoms with Gasteiger partial charge in [0.1, 0.15) is 11.4 Å². The summed E-state index contributed by atoms with van der Waals surface area (Å²) < 4.78 is 33.9. The van der Waals surface area contributed by atoms with E-state index in [4.69, 9.17) is 16.3 Å². The van der Waals surface area contributed by atoms with Gasteiger partial charge in [-0.15, -0.1) is 0 Å². The second-order valence-corrected chi connectivity index (χ2v) is 16.6. The number of hydrogen-bond acceptors (Lipinski definition) is 7. The number of aliphatic hydroxyl groups is 1. The van der Waals surface area contributed by atoms with E-state index in [-0.39, 0.29) is 22.8 Å². The summed E-state index contributed by atoms with van der Waals surface area (Å²) in [5, 5.41) is 11.9. The Balaban J connectivity index is 1.53. The van der Waals surface area contributed by atoms with Crippen molar-refractivity contribution in [2.75, 3.05) is 45.2 Å². The van der Waals surface area contributed by atoms with Gasteiger partial charge in [0.2, 0.25) is 10.0 Å². The summed E-state index contributed by atoms with van der Waals surface area (Å²) in [5.41, 5.74) is 1.89. The minimum absolute atomic E-state index is 0.0661. The van der Waals surface area contributed by atoms with Crippen LogP contribution in [-0.4, -0.2) is 75.5 Å². The first-order chi connectivity index (χ1) is 22.3. The molecule has 8 nitrogen and oxygen atoms in total. The van der Waals surface area contributed by atoms with Crippen LogP contribution in [0.4, 0.5) is 5.69 Å². The predicted molar refractivity (Wildman–Crippen MR) is 189 cm³/mol. The maximum Gasteiger partial charge on any atom is 0.264 e. The Labute approximate surface area is 285 Å². The number of allylic oxidation sites excluding steroid dienone is 1. The lowest BCUT2D eigenvalue weighted by Gasteiger charge is -2.47. The van der Waals surface area contributed by atoms with E-state index in [2.05, 4.69) is 33.6 Å². The molecule has 2 aromatic carbocycles. The normalized spacial score (nSPS) is 23.6. The van der Waals surface area contributed by atoms with Crippen LogP contribution >= 0.6 is 11.6 Å². The van der Waals surface area contributed by atoms with Gasteiger partial charge in [0.05, 0.1) is 24.1 Å². The van der Waals surface area contributed by atoms with E-state index >= 15 is 0 Å². The Kier molecular flexibility index (Phi) is 10.7.